The fraction of sp³-hybridized carbons (Fsp3) is 0.609. The molecule has 0 radical (unpaired) electrons. The molecule has 1 atom stereocenters. The SMILES string of the molecule is C=CCn1nc(C(=O)N2CCCCCC2)c2c1CCC(N(C)Cc1nc(C)cs1)C2. The van der Waals surface area contributed by atoms with E-state index in [1.54, 1.807) is 11.3 Å². The van der Waals surface area contributed by atoms with E-state index >= 15 is 0 Å². The summed E-state index contributed by atoms with van der Waals surface area (Å²) in [6, 6.07) is 0.402. The molecule has 4 rings (SSSR count). The van der Waals surface area contributed by atoms with Crippen molar-refractivity contribution in [3.05, 3.63) is 45.7 Å². The van der Waals surface area contributed by atoms with E-state index in [9.17, 15) is 4.79 Å². The molecule has 1 aliphatic carbocycles. The van der Waals surface area contributed by atoms with E-state index in [4.69, 9.17) is 5.10 Å². The van der Waals surface area contributed by atoms with Gasteiger partial charge >= 0.3 is 0 Å². The van der Waals surface area contributed by atoms with E-state index in [1.165, 1.54) is 18.5 Å². The topological polar surface area (TPSA) is 54.3 Å². The van der Waals surface area contributed by atoms with Crippen LogP contribution < -0.4 is 0 Å². The lowest BCUT2D eigenvalue weighted by Crippen LogP contribution is -2.37. The van der Waals surface area contributed by atoms with Gasteiger partial charge < -0.3 is 4.90 Å². The number of allylic oxidation sites excluding steroid dienone is 1. The zero-order chi connectivity index (χ0) is 21.1. The van der Waals surface area contributed by atoms with Gasteiger partial charge in [-0.15, -0.1) is 17.9 Å². The second kappa shape index (κ2) is 9.43. The number of hydrogen-bond acceptors (Lipinski definition) is 5. The summed E-state index contributed by atoms with van der Waals surface area (Å²) in [5.41, 5.74) is 4.15. The van der Waals surface area contributed by atoms with E-state index in [1.807, 2.05) is 22.6 Å². The highest BCUT2D eigenvalue weighted by Gasteiger charge is 2.32. The first-order valence-electron chi connectivity index (χ1n) is 11.2. The van der Waals surface area contributed by atoms with Crippen molar-refractivity contribution >= 4 is 17.2 Å². The lowest BCUT2D eigenvalue weighted by Gasteiger charge is -2.31. The number of likely N-dealkylation sites (tertiary alicyclic amines) is 1. The number of carbonyl (C=O) groups is 1. The lowest BCUT2D eigenvalue weighted by molar-refractivity contribution is 0.0753. The Hall–Kier alpha value is -1.99. The summed E-state index contributed by atoms with van der Waals surface area (Å²) in [6.45, 7) is 9.16. The van der Waals surface area contributed by atoms with Crippen molar-refractivity contribution < 1.29 is 4.79 Å². The summed E-state index contributed by atoms with van der Waals surface area (Å²) in [6.07, 6.45) is 9.41. The molecule has 0 spiro atoms. The van der Waals surface area contributed by atoms with Crippen LogP contribution in [-0.4, -0.2) is 56.7 Å². The van der Waals surface area contributed by atoms with Crippen LogP contribution >= 0.6 is 11.3 Å². The third-order valence-corrected chi connectivity index (χ3v) is 7.34. The molecule has 0 bridgehead atoms. The number of amides is 1. The van der Waals surface area contributed by atoms with E-state index in [0.717, 1.165) is 68.0 Å². The Balaban J connectivity index is 1.56. The molecule has 2 aromatic rings. The smallest absolute Gasteiger partial charge is 0.274 e. The second-order valence-electron chi connectivity index (χ2n) is 8.65. The zero-order valence-corrected chi connectivity index (χ0v) is 19.1. The van der Waals surface area contributed by atoms with Crippen molar-refractivity contribution in [1.82, 2.24) is 24.6 Å². The third kappa shape index (κ3) is 4.52. The Morgan fingerprint density at radius 3 is 2.77 bits per heavy atom. The van der Waals surface area contributed by atoms with Crippen LogP contribution in [0.2, 0.25) is 0 Å². The Morgan fingerprint density at radius 2 is 2.10 bits per heavy atom. The molecule has 2 aliphatic rings. The van der Waals surface area contributed by atoms with Gasteiger partial charge in [-0.2, -0.15) is 5.10 Å². The molecule has 1 fully saturated rings. The number of fused-ring (bicyclic) bond motifs is 1. The van der Waals surface area contributed by atoms with Crippen molar-refractivity contribution in [2.24, 2.45) is 0 Å². The van der Waals surface area contributed by atoms with Crippen LogP contribution in [0.5, 0.6) is 0 Å². The molecule has 162 valence electrons. The molecular weight excluding hydrogens is 394 g/mol. The van der Waals surface area contributed by atoms with Crippen LogP contribution in [0.4, 0.5) is 0 Å². The van der Waals surface area contributed by atoms with Crippen LogP contribution in [-0.2, 0) is 25.9 Å². The minimum absolute atomic E-state index is 0.120. The van der Waals surface area contributed by atoms with Gasteiger partial charge in [-0.25, -0.2) is 4.98 Å². The molecule has 3 heterocycles. The highest BCUT2D eigenvalue weighted by atomic mass is 32.1. The van der Waals surface area contributed by atoms with Crippen molar-refractivity contribution in [2.45, 2.75) is 71.0 Å². The number of rotatable bonds is 6. The first kappa shape index (κ1) is 21.2. The van der Waals surface area contributed by atoms with Crippen molar-refractivity contribution in [2.75, 3.05) is 20.1 Å². The highest BCUT2D eigenvalue weighted by Crippen LogP contribution is 2.29. The minimum Gasteiger partial charge on any atom is -0.337 e. The third-order valence-electron chi connectivity index (χ3n) is 6.39. The van der Waals surface area contributed by atoms with Gasteiger partial charge in [-0.05, 0) is 46.1 Å². The number of nitrogens with zero attached hydrogens (tertiary/aromatic N) is 5. The molecule has 1 aliphatic heterocycles. The number of carbonyl (C=O) groups excluding carboxylic acids is 1. The number of aromatic nitrogens is 3. The maximum Gasteiger partial charge on any atom is 0.274 e. The van der Waals surface area contributed by atoms with Crippen LogP contribution in [0, 0.1) is 6.92 Å². The van der Waals surface area contributed by atoms with Crippen LogP contribution in [0.3, 0.4) is 0 Å². The van der Waals surface area contributed by atoms with E-state index in [2.05, 4.69) is 28.9 Å². The Morgan fingerprint density at radius 1 is 1.33 bits per heavy atom. The van der Waals surface area contributed by atoms with E-state index in [0.29, 0.717) is 18.3 Å². The van der Waals surface area contributed by atoms with Gasteiger partial charge in [0.25, 0.3) is 5.91 Å². The standard InChI is InChI=1S/C23H33N5OS/c1-4-11-28-20-10-9-18(26(3)15-21-24-17(2)16-30-21)14-19(20)22(25-28)23(29)27-12-7-5-6-8-13-27/h4,16,18H,1,5-15H2,2-3H3. The quantitative estimate of drug-likeness (QED) is 0.658. The van der Waals surface area contributed by atoms with E-state index in [-0.39, 0.29) is 5.91 Å². The summed E-state index contributed by atoms with van der Waals surface area (Å²) in [7, 11) is 2.18. The molecule has 30 heavy (non-hydrogen) atoms. The zero-order valence-electron chi connectivity index (χ0n) is 18.3. The molecule has 7 heteroatoms. The normalized spacial score (nSPS) is 19.6. The fourth-order valence-electron chi connectivity index (χ4n) is 4.73. The van der Waals surface area contributed by atoms with Crippen LogP contribution in [0.15, 0.2) is 18.0 Å². The Bertz CT molecular complexity index is 894. The van der Waals surface area contributed by atoms with Crippen molar-refractivity contribution in [1.29, 1.82) is 0 Å². The van der Waals surface area contributed by atoms with Gasteiger partial charge in [0.15, 0.2) is 5.69 Å². The summed E-state index contributed by atoms with van der Waals surface area (Å²) in [4.78, 5) is 22.5. The fourth-order valence-corrected chi connectivity index (χ4v) is 5.57. The maximum absolute atomic E-state index is 13.4. The molecule has 0 N–H and O–H groups in total. The van der Waals surface area contributed by atoms with Crippen LogP contribution in [0.25, 0.3) is 0 Å². The molecular formula is C23H33N5OS. The number of hydrogen-bond donors (Lipinski definition) is 0. The van der Waals surface area contributed by atoms with Gasteiger partial charge in [0.05, 0.1) is 13.1 Å². The molecule has 1 unspecified atom stereocenters. The molecule has 2 aromatic heterocycles. The van der Waals surface area contributed by atoms with Gasteiger partial charge in [0.2, 0.25) is 0 Å². The second-order valence-corrected chi connectivity index (χ2v) is 9.59. The largest absolute Gasteiger partial charge is 0.337 e. The highest BCUT2D eigenvalue weighted by molar-refractivity contribution is 7.09. The number of likely N-dealkylation sites (N-methyl/N-ethyl adjacent to an activating group) is 1. The molecule has 0 saturated carbocycles. The monoisotopic (exact) mass is 427 g/mol. The number of aryl methyl sites for hydroxylation is 1. The van der Waals surface area contributed by atoms with E-state index < -0.39 is 0 Å². The number of thiazole rings is 1. The maximum atomic E-state index is 13.4. The first-order chi connectivity index (χ1) is 14.6. The summed E-state index contributed by atoms with van der Waals surface area (Å²) < 4.78 is 2.01. The minimum atomic E-state index is 0.120. The average molecular weight is 428 g/mol. The van der Waals surface area contributed by atoms with Gasteiger partial charge in [0, 0.05) is 41.5 Å². The van der Waals surface area contributed by atoms with Crippen molar-refractivity contribution in [3.8, 4) is 0 Å². The molecule has 1 amide bonds. The Kier molecular flexibility index (Phi) is 6.68. The Labute approximate surface area is 183 Å². The van der Waals surface area contributed by atoms with Crippen molar-refractivity contribution in [3.63, 3.8) is 0 Å². The predicted molar refractivity (Wildman–Crippen MR) is 121 cm³/mol. The van der Waals surface area contributed by atoms with Gasteiger partial charge in [-0.1, -0.05) is 18.9 Å². The lowest BCUT2D eigenvalue weighted by atomic mass is 9.90. The first-order valence-corrected chi connectivity index (χ1v) is 12.0. The molecule has 6 nitrogen and oxygen atoms in total. The van der Waals surface area contributed by atoms with Crippen LogP contribution in [0.1, 0.15) is 64.6 Å². The van der Waals surface area contributed by atoms with Gasteiger partial charge in [-0.3, -0.25) is 14.4 Å². The van der Waals surface area contributed by atoms with Gasteiger partial charge in [0.1, 0.15) is 5.01 Å². The predicted octanol–water partition coefficient (Wildman–Crippen LogP) is 3.84. The molecule has 0 aromatic carbocycles. The average Bonchev–Trinajstić information content (AvgIpc) is 3.19. The summed E-state index contributed by atoms with van der Waals surface area (Å²) in [5, 5.41) is 8.06. The summed E-state index contributed by atoms with van der Waals surface area (Å²) in [5.74, 6) is 0.120. The molecule has 1 saturated heterocycles. The summed E-state index contributed by atoms with van der Waals surface area (Å²) >= 11 is 1.73.